The summed E-state index contributed by atoms with van der Waals surface area (Å²) in [5.74, 6) is 2.49. The van der Waals surface area contributed by atoms with Crippen molar-refractivity contribution < 1.29 is 41.5 Å². The molecule has 0 spiro atoms. The van der Waals surface area contributed by atoms with Crippen LogP contribution in [0.3, 0.4) is 0 Å². The van der Waals surface area contributed by atoms with Gasteiger partial charge in [0, 0.05) is 78.4 Å². The summed E-state index contributed by atoms with van der Waals surface area (Å²) in [6.07, 6.45) is 18.2. The van der Waals surface area contributed by atoms with Crippen LogP contribution in [-0.2, 0) is 39.1 Å². The average Bonchev–Trinajstić information content (AvgIpc) is 4.18. The molecule has 6 aromatic heterocycles. The summed E-state index contributed by atoms with van der Waals surface area (Å²) in [4.78, 5) is 13.7. The van der Waals surface area contributed by atoms with Crippen LogP contribution in [0.25, 0.3) is 77.9 Å². The zero-order valence-electron chi connectivity index (χ0n) is 37.0. The summed E-state index contributed by atoms with van der Waals surface area (Å²) in [7, 11) is 1.50. The number of hydrogen-bond donors (Lipinski definition) is 1. The number of aliphatic imine (C=N–C) groups is 1. The molecule has 0 aliphatic heterocycles. The van der Waals surface area contributed by atoms with Crippen LogP contribution in [0, 0.1) is 0 Å². The Morgan fingerprint density at radius 1 is 0.657 bits per heavy atom. The van der Waals surface area contributed by atoms with Crippen LogP contribution >= 0.6 is 0 Å². The number of allylic oxidation sites excluding steroid dienone is 5. The van der Waals surface area contributed by atoms with Crippen molar-refractivity contribution in [1.29, 1.82) is 0 Å². The molecule has 0 unspecified atom stereocenters. The predicted octanol–water partition coefficient (Wildman–Crippen LogP) is 11.3. The van der Waals surface area contributed by atoms with Gasteiger partial charge in [0.15, 0.2) is 11.6 Å². The second kappa shape index (κ2) is 19.8. The fraction of sp³-hybridized carbons (Fsp3) is 0.0926. The van der Waals surface area contributed by atoms with E-state index in [1.807, 2.05) is 89.0 Å². The van der Waals surface area contributed by atoms with Gasteiger partial charge in [-0.15, -0.1) is 31.9 Å². The van der Waals surface area contributed by atoms with Gasteiger partial charge in [0.05, 0.1) is 16.8 Å². The monoisotopic (exact) mass is 951 g/mol. The standard InChI is InChI=1S/C53H37N9O2.CH5N.Y/c1-3-9-45(54-4-2)39-19-23-49-44(31-39)42-28-35(13-21-47(42)64-49)26-34-12-20-46-41(27-34)43-30-38(18-22-48(43)63-46)37-16-14-36(52-59-57-32-61(52)50-10-5-7-24-55-50)15-17-40(29-37)53-60-58-33-62(53)51-11-6-8-25-56-51;1-2;/h4-13,15-16,18-25,27-33H,3,26H2,1-2H3;2H2,1H3;/b37-29+,45-9-,54-4?;;. The van der Waals surface area contributed by atoms with Crippen molar-refractivity contribution in [3.8, 4) is 11.6 Å². The fourth-order valence-electron chi connectivity index (χ4n) is 8.20. The summed E-state index contributed by atoms with van der Waals surface area (Å²) in [6, 6.07) is 36.9. The first-order chi connectivity index (χ1) is 32.6. The summed E-state index contributed by atoms with van der Waals surface area (Å²) < 4.78 is 16.4. The third-order valence-electron chi connectivity index (χ3n) is 11.2. The van der Waals surface area contributed by atoms with Crippen molar-refractivity contribution in [3.05, 3.63) is 204 Å². The van der Waals surface area contributed by atoms with Gasteiger partial charge in [0.25, 0.3) is 0 Å². The number of benzene rings is 4. The van der Waals surface area contributed by atoms with E-state index >= 15 is 0 Å². The van der Waals surface area contributed by atoms with Gasteiger partial charge in [0.1, 0.15) is 46.6 Å². The molecule has 0 atom stereocenters. The molecule has 1 aliphatic rings. The van der Waals surface area contributed by atoms with E-state index in [0.717, 1.165) is 84.7 Å². The van der Waals surface area contributed by atoms with Crippen LogP contribution < -0.4 is 5.73 Å². The first kappa shape index (κ1) is 44.5. The Hall–Kier alpha value is -7.69. The van der Waals surface area contributed by atoms with Crippen molar-refractivity contribution in [1.82, 2.24) is 39.5 Å². The molecule has 0 saturated heterocycles. The minimum Gasteiger partial charge on any atom is -0.456 e. The van der Waals surface area contributed by atoms with Crippen molar-refractivity contribution >= 4 is 72.5 Å². The molecule has 2 N–H and O–H groups in total. The van der Waals surface area contributed by atoms with Crippen LogP contribution in [0.1, 0.15) is 54.2 Å². The van der Waals surface area contributed by atoms with Crippen molar-refractivity contribution in [2.24, 2.45) is 10.7 Å². The van der Waals surface area contributed by atoms with E-state index in [-0.39, 0.29) is 32.7 Å². The molecule has 12 nitrogen and oxygen atoms in total. The van der Waals surface area contributed by atoms with E-state index in [9.17, 15) is 0 Å². The predicted molar refractivity (Wildman–Crippen MR) is 262 cm³/mol. The van der Waals surface area contributed by atoms with Crippen molar-refractivity contribution in [2.45, 2.75) is 26.7 Å². The Balaban J connectivity index is 0.00000185. The Labute approximate surface area is 410 Å². The van der Waals surface area contributed by atoms with Crippen LogP contribution in [0.2, 0.25) is 0 Å². The smallest absolute Gasteiger partial charge is 0.178 e. The van der Waals surface area contributed by atoms with E-state index in [1.54, 1.807) is 25.0 Å². The number of nitrogens with two attached hydrogens (primary N) is 1. The fourth-order valence-corrected chi connectivity index (χ4v) is 8.20. The molecule has 1 aliphatic carbocycles. The van der Waals surface area contributed by atoms with Gasteiger partial charge in [0.2, 0.25) is 0 Å². The second-order valence-electron chi connectivity index (χ2n) is 15.3. The molecule has 4 aromatic carbocycles. The van der Waals surface area contributed by atoms with Gasteiger partial charge in [-0.1, -0.05) is 43.3 Å². The molecule has 6 heterocycles. The Morgan fingerprint density at radius 3 is 1.79 bits per heavy atom. The average molecular weight is 952 g/mol. The molecule has 11 rings (SSSR count). The van der Waals surface area contributed by atoms with Gasteiger partial charge in [-0.3, -0.25) is 14.1 Å². The summed E-state index contributed by atoms with van der Waals surface area (Å²) in [5, 5.41) is 21.7. The molecule has 0 fully saturated rings. The maximum atomic E-state index is 6.42. The summed E-state index contributed by atoms with van der Waals surface area (Å²) in [5.41, 5.74) is 22.3. The zero-order chi connectivity index (χ0) is 45.0. The maximum absolute atomic E-state index is 6.42. The van der Waals surface area contributed by atoms with Gasteiger partial charge >= 0.3 is 0 Å². The van der Waals surface area contributed by atoms with E-state index in [1.165, 1.54) is 12.6 Å². The minimum atomic E-state index is 0. The topological polar surface area (TPSA) is 152 Å². The van der Waals surface area contributed by atoms with Gasteiger partial charge in [-0.25, -0.2) is 9.97 Å². The number of furan rings is 2. The van der Waals surface area contributed by atoms with E-state index in [4.69, 9.17) is 8.83 Å². The van der Waals surface area contributed by atoms with E-state index < -0.39 is 0 Å². The largest absolute Gasteiger partial charge is 0.456 e. The van der Waals surface area contributed by atoms with Gasteiger partial charge in [-0.05, 0) is 146 Å². The number of rotatable bonds is 10. The first-order valence-electron chi connectivity index (χ1n) is 21.6. The molecule has 0 bridgehead atoms. The van der Waals surface area contributed by atoms with Crippen LogP contribution in [-0.4, -0.2) is 52.8 Å². The quantitative estimate of drug-likeness (QED) is 0.104. The van der Waals surface area contributed by atoms with Crippen LogP contribution in [0.4, 0.5) is 0 Å². The third kappa shape index (κ3) is 8.88. The zero-order valence-corrected chi connectivity index (χ0v) is 39.8. The minimum absolute atomic E-state index is 0. The maximum Gasteiger partial charge on any atom is 0.178 e. The Morgan fingerprint density at radius 2 is 1.21 bits per heavy atom. The van der Waals surface area contributed by atoms with E-state index in [0.29, 0.717) is 34.4 Å². The first-order valence-corrected chi connectivity index (χ1v) is 21.6. The molecule has 0 amide bonds. The number of aromatic nitrogens is 8. The molecule has 323 valence electrons. The summed E-state index contributed by atoms with van der Waals surface area (Å²) in [6.45, 7) is 4.07. The van der Waals surface area contributed by atoms with Crippen molar-refractivity contribution in [3.63, 3.8) is 0 Å². The molecule has 0 saturated carbocycles. The van der Waals surface area contributed by atoms with Gasteiger partial charge < -0.3 is 14.6 Å². The molecule has 10 aromatic rings. The van der Waals surface area contributed by atoms with Crippen molar-refractivity contribution in [2.75, 3.05) is 7.05 Å². The SMILES string of the molecule is CC=N/C(=C\CC)c1ccc2oc3ccc(Cc4ccc5oc6ccc(/C7=C/C(c8nncn8-c8ccccn8)=C=CC(c8nncn8-c8ccccn8)=C=C7)cc6c5c4)cc3c2c1.CN.[Y]. The van der Waals surface area contributed by atoms with Crippen LogP contribution in [0.5, 0.6) is 0 Å². The number of nitrogens with zero attached hydrogens (tertiary/aromatic N) is 9. The molecular formula is C54H42N10O2Y. The molecular weight excluding hydrogens is 910 g/mol. The third-order valence-corrected chi connectivity index (χ3v) is 11.2. The molecule has 1 radical (unpaired) electrons. The Bertz CT molecular complexity index is 3670. The van der Waals surface area contributed by atoms with E-state index in [2.05, 4.69) is 126 Å². The number of hydrogen-bond acceptors (Lipinski definition) is 10. The number of pyridine rings is 2. The second-order valence-corrected chi connectivity index (χ2v) is 15.3. The Kier molecular flexibility index (Phi) is 13.2. The normalized spacial score (nSPS) is 13.6. The van der Waals surface area contributed by atoms with Crippen LogP contribution in [0.15, 0.2) is 184 Å². The number of fused-ring (bicyclic) bond motifs is 6. The summed E-state index contributed by atoms with van der Waals surface area (Å²) >= 11 is 0. The van der Waals surface area contributed by atoms with Gasteiger partial charge in [-0.2, -0.15) is 0 Å². The molecule has 67 heavy (non-hydrogen) atoms. The molecule has 13 heteroatoms.